The number of benzene rings is 1. The summed E-state index contributed by atoms with van der Waals surface area (Å²) in [6.07, 6.45) is 4.12. The van der Waals surface area contributed by atoms with Crippen molar-refractivity contribution < 1.29 is 0 Å². The predicted octanol–water partition coefficient (Wildman–Crippen LogP) is 3.70. The maximum Gasteiger partial charge on any atom is 0.145 e. The second-order valence-electron chi connectivity index (χ2n) is 3.84. The zero-order valence-corrected chi connectivity index (χ0v) is 9.24. The Morgan fingerprint density at radius 3 is 3.06 bits per heavy atom. The highest BCUT2D eigenvalue weighted by Crippen LogP contribution is 2.26. The molecule has 76 valence electrons. The molecule has 4 rings (SSSR count). The molecule has 3 heteroatoms. The Labute approximate surface area is 95.8 Å². The fraction of sp³-hybridized carbons (Fsp3) is 0. The Bertz CT molecular complexity index is 810. The van der Waals surface area contributed by atoms with Crippen LogP contribution in [-0.4, -0.2) is 9.38 Å². The van der Waals surface area contributed by atoms with Gasteiger partial charge in [-0.2, -0.15) is 0 Å². The van der Waals surface area contributed by atoms with E-state index >= 15 is 0 Å². The van der Waals surface area contributed by atoms with Gasteiger partial charge in [-0.25, -0.2) is 4.98 Å². The molecule has 0 aliphatic heterocycles. The van der Waals surface area contributed by atoms with E-state index in [1.165, 1.54) is 21.0 Å². The van der Waals surface area contributed by atoms with Crippen LogP contribution in [0.1, 0.15) is 0 Å². The van der Waals surface area contributed by atoms with Crippen molar-refractivity contribution in [2.45, 2.75) is 0 Å². The van der Waals surface area contributed by atoms with E-state index in [2.05, 4.69) is 51.3 Å². The topological polar surface area (TPSA) is 17.3 Å². The van der Waals surface area contributed by atoms with E-state index in [0.29, 0.717) is 0 Å². The van der Waals surface area contributed by atoms with Crippen molar-refractivity contribution in [3.63, 3.8) is 0 Å². The van der Waals surface area contributed by atoms with E-state index in [1.54, 1.807) is 11.3 Å². The number of fused-ring (bicyclic) bond motifs is 5. The van der Waals surface area contributed by atoms with Crippen LogP contribution >= 0.6 is 11.3 Å². The largest absolute Gasteiger partial charge is 0.299 e. The van der Waals surface area contributed by atoms with Gasteiger partial charge in [-0.05, 0) is 11.4 Å². The molecule has 0 saturated heterocycles. The van der Waals surface area contributed by atoms with Crippen LogP contribution in [0.25, 0.3) is 26.6 Å². The minimum absolute atomic E-state index is 1.04. The third-order valence-corrected chi connectivity index (χ3v) is 3.78. The van der Waals surface area contributed by atoms with Gasteiger partial charge in [0, 0.05) is 23.2 Å². The summed E-state index contributed by atoms with van der Waals surface area (Å²) >= 11 is 1.73. The molecule has 1 aromatic carbocycles. The number of nitrogens with zero attached hydrogens (tertiary/aromatic N) is 2. The lowest BCUT2D eigenvalue weighted by atomic mass is 10.2. The number of aromatic nitrogens is 2. The van der Waals surface area contributed by atoms with Gasteiger partial charge in [0.05, 0.1) is 10.2 Å². The molecule has 0 bridgehead atoms. The molecule has 0 spiro atoms. The van der Waals surface area contributed by atoms with Crippen molar-refractivity contribution in [2.75, 3.05) is 0 Å². The predicted molar refractivity (Wildman–Crippen MR) is 68.1 cm³/mol. The van der Waals surface area contributed by atoms with Crippen molar-refractivity contribution >= 4 is 38.0 Å². The molecule has 4 aromatic rings. The van der Waals surface area contributed by atoms with Crippen LogP contribution in [0, 0.1) is 0 Å². The molecule has 0 N–H and O–H groups in total. The fourth-order valence-electron chi connectivity index (χ4n) is 2.19. The first-order valence-electron chi connectivity index (χ1n) is 5.15. The maximum absolute atomic E-state index is 4.54. The molecule has 0 radical (unpaired) electrons. The summed E-state index contributed by atoms with van der Waals surface area (Å²) in [5, 5.41) is 4.57. The van der Waals surface area contributed by atoms with Gasteiger partial charge >= 0.3 is 0 Å². The van der Waals surface area contributed by atoms with Gasteiger partial charge in [0.1, 0.15) is 5.65 Å². The quantitative estimate of drug-likeness (QED) is 0.445. The Morgan fingerprint density at radius 1 is 1.12 bits per heavy atom. The van der Waals surface area contributed by atoms with Gasteiger partial charge in [-0.15, -0.1) is 11.3 Å². The second kappa shape index (κ2) is 2.83. The van der Waals surface area contributed by atoms with E-state index in [0.717, 1.165) is 5.65 Å². The third kappa shape index (κ3) is 0.933. The Morgan fingerprint density at radius 2 is 2.06 bits per heavy atom. The van der Waals surface area contributed by atoms with Gasteiger partial charge in [0.15, 0.2) is 0 Å². The number of hydrogen-bond donors (Lipinski definition) is 0. The van der Waals surface area contributed by atoms with E-state index < -0.39 is 0 Å². The van der Waals surface area contributed by atoms with Crippen LogP contribution in [0.2, 0.25) is 0 Å². The van der Waals surface area contributed by atoms with E-state index in [4.69, 9.17) is 0 Å². The first kappa shape index (κ1) is 8.30. The molecule has 0 fully saturated rings. The molecule has 0 amide bonds. The molecular weight excluding hydrogens is 216 g/mol. The van der Waals surface area contributed by atoms with Crippen molar-refractivity contribution in [1.29, 1.82) is 0 Å². The highest BCUT2D eigenvalue weighted by atomic mass is 32.1. The minimum Gasteiger partial charge on any atom is -0.299 e. The summed E-state index contributed by atoms with van der Waals surface area (Å²) in [5.41, 5.74) is 2.28. The Hall–Kier alpha value is -1.87. The van der Waals surface area contributed by atoms with Crippen molar-refractivity contribution in [1.82, 2.24) is 9.38 Å². The molecule has 0 unspecified atom stereocenters. The zero-order chi connectivity index (χ0) is 10.5. The van der Waals surface area contributed by atoms with E-state index in [-0.39, 0.29) is 0 Å². The monoisotopic (exact) mass is 224 g/mol. The molecule has 0 atom stereocenters. The van der Waals surface area contributed by atoms with Crippen molar-refractivity contribution in [3.05, 3.63) is 48.1 Å². The van der Waals surface area contributed by atoms with Crippen LogP contribution in [0.5, 0.6) is 0 Å². The summed E-state index contributed by atoms with van der Waals surface area (Å²) in [6.45, 7) is 0. The van der Waals surface area contributed by atoms with E-state index in [1.807, 2.05) is 6.20 Å². The lowest BCUT2D eigenvalue weighted by Crippen LogP contribution is -1.85. The normalized spacial score (nSPS) is 11.8. The molecular formula is C13H8N2S. The summed E-state index contributed by atoms with van der Waals surface area (Å²) < 4.78 is 3.41. The molecule has 16 heavy (non-hydrogen) atoms. The van der Waals surface area contributed by atoms with Gasteiger partial charge in [-0.3, -0.25) is 4.40 Å². The standard InChI is InChI=1S/C13H8N2S/c1-2-4-10-9(3-1)8-15-11-5-6-16-12(11)7-14-13(10)15/h1-8H. The molecule has 0 aliphatic carbocycles. The van der Waals surface area contributed by atoms with Gasteiger partial charge in [-0.1, -0.05) is 24.3 Å². The molecule has 0 saturated carbocycles. The number of thiophene rings is 1. The summed E-state index contributed by atoms with van der Waals surface area (Å²) in [6, 6.07) is 10.5. The lowest BCUT2D eigenvalue weighted by molar-refractivity contribution is 1.21. The van der Waals surface area contributed by atoms with Crippen molar-refractivity contribution in [3.8, 4) is 0 Å². The molecule has 3 aromatic heterocycles. The van der Waals surface area contributed by atoms with Crippen LogP contribution in [0.3, 0.4) is 0 Å². The third-order valence-electron chi connectivity index (χ3n) is 2.94. The molecule has 3 heterocycles. The minimum atomic E-state index is 1.04. The smallest absolute Gasteiger partial charge is 0.145 e. The summed E-state index contributed by atoms with van der Waals surface area (Å²) in [4.78, 5) is 4.54. The van der Waals surface area contributed by atoms with Crippen molar-refractivity contribution in [2.24, 2.45) is 0 Å². The van der Waals surface area contributed by atoms with Gasteiger partial charge in [0.2, 0.25) is 0 Å². The van der Waals surface area contributed by atoms with Crippen LogP contribution in [0.15, 0.2) is 48.1 Å². The number of rotatable bonds is 0. The average Bonchev–Trinajstić information content (AvgIpc) is 2.92. The highest BCUT2D eigenvalue weighted by molar-refractivity contribution is 7.17. The Balaban J connectivity index is 2.38. The van der Waals surface area contributed by atoms with Gasteiger partial charge < -0.3 is 0 Å². The van der Waals surface area contributed by atoms with Crippen LogP contribution < -0.4 is 0 Å². The van der Waals surface area contributed by atoms with E-state index in [9.17, 15) is 0 Å². The first-order chi connectivity index (χ1) is 7.93. The SMILES string of the molecule is c1ccc2c(c1)cn1c3ccsc3cnc21. The lowest BCUT2D eigenvalue weighted by Gasteiger charge is -1.95. The summed E-state index contributed by atoms with van der Waals surface area (Å²) in [5.74, 6) is 0. The maximum atomic E-state index is 4.54. The van der Waals surface area contributed by atoms with Gasteiger partial charge in [0.25, 0.3) is 0 Å². The Kier molecular flexibility index (Phi) is 1.47. The second-order valence-corrected chi connectivity index (χ2v) is 4.79. The number of hydrogen-bond acceptors (Lipinski definition) is 2. The zero-order valence-electron chi connectivity index (χ0n) is 8.42. The fourth-order valence-corrected chi connectivity index (χ4v) is 2.93. The van der Waals surface area contributed by atoms with Crippen LogP contribution in [0.4, 0.5) is 0 Å². The first-order valence-corrected chi connectivity index (χ1v) is 6.03. The average molecular weight is 224 g/mol. The highest BCUT2D eigenvalue weighted by Gasteiger charge is 2.06. The summed E-state index contributed by atoms with van der Waals surface area (Å²) in [7, 11) is 0. The molecule has 2 nitrogen and oxygen atoms in total. The van der Waals surface area contributed by atoms with Crippen LogP contribution in [-0.2, 0) is 0 Å². The molecule has 0 aliphatic rings.